The Kier molecular flexibility index (Phi) is 4.92. The first-order valence-corrected chi connectivity index (χ1v) is 11.8. The normalized spacial score (nSPS) is 20.5. The Morgan fingerprint density at radius 3 is 2.49 bits per heavy atom. The second-order valence-electron chi connectivity index (χ2n) is 9.35. The molecule has 0 radical (unpaired) electrons. The van der Waals surface area contributed by atoms with Gasteiger partial charge in [-0.15, -0.1) is 0 Å². The van der Waals surface area contributed by atoms with E-state index in [1.165, 1.54) is 9.58 Å². The largest absolute Gasteiger partial charge is 0.422 e. The molecule has 3 aliphatic rings. The first-order chi connectivity index (χ1) is 16.9. The van der Waals surface area contributed by atoms with Gasteiger partial charge in [0.05, 0.1) is 11.4 Å². The summed E-state index contributed by atoms with van der Waals surface area (Å²) in [7, 11) is 0. The van der Waals surface area contributed by atoms with Gasteiger partial charge in [-0.05, 0) is 51.9 Å². The Hall–Kier alpha value is -3.73. The first-order valence-electron chi connectivity index (χ1n) is 11.8. The molecular formula is C24H25N5O6. The summed E-state index contributed by atoms with van der Waals surface area (Å²) in [6.45, 7) is 5.99. The average molecular weight is 479 g/mol. The molecule has 2 saturated heterocycles. The highest BCUT2D eigenvalue weighted by atomic mass is 16.8. The molecule has 1 amide bonds. The van der Waals surface area contributed by atoms with Crippen LogP contribution in [0.4, 0.5) is 0 Å². The van der Waals surface area contributed by atoms with Gasteiger partial charge in [-0.1, -0.05) is 17.3 Å². The molecule has 1 aromatic carbocycles. The number of aryl methyl sites for hydroxylation is 1. The Morgan fingerprint density at radius 2 is 1.74 bits per heavy atom. The molecule has 0 aliphatic carbocycles. The number of carbonyl (C=O) groups is 3. The van der Waals surface area contributed by atoms with E-state index in [0.29, 0.717) is 23.9 Å². The predicted octanol–water partition coefficient (Wildman–Crippen LogP) is 1.73. The Bertz CT molecular complexity index is 1340. The summed E-state index contributed by atoms with van der Waals surface area (Å²) < 4.78 is 17.6. The topological polar surface area (TPSA) is 120 Å². The molecule has 1 spiro atoms. The van der Waals surface area contributed by atoms with E-state index >= 15 is 0 Å². The molecule has 11 nitrogen and oxygen atoms in total. The number of rotatable bonds is 4. The third-order valence-corrected chi connectivity index (χ3v) is 7.33. The fourth-order valence-corrected chi connectivity index (χ4v) is 5.33. The van der Waals surface area contributed by atoms with Gasteiger partial charge in [0.25, 0.3) is 5.91 Å². The van der Waals surface area contributed by atoms with Crippen LogP contribution in [0.3, 0.4) is 0 Å². The van der Waals surface area contributed by atoms with Crippen LogP contribution in [-0.4, -0.2) is 74.7 Å². The van der Waals surface area contributed by atoms with Gasteiger partial charge in [0.2, 0.25) is 0 Å². The zero-order valence-corrected chi connectivity index (χ0v) is 19.5. The van der Waals surface area contributed by atoms with Gasteiger partial charge in [-0.2, -0.15) is 5.10 Å². The standard InChI is InChI=1S/C24H25N5O6/c1-14-15(2)25-29-13-24(33-22(31)23(32)34-24)28(21(30)20(14)29)12-11-27-9-7-16(8-10-27)19-17-5-3-4-6-18(17)35-26-19/h3-6,16H,7-13H2,1-2H3. The van der Waals surface area contributed by atoms with Crippen molar-refractivity contribution in [2.45, 2.75) is 45.1 Å². The van der Waals surface area contributed by atoms with Crippen LogP contribution in [0.1, 0.15) is 46.2 Å². The SMILES string of the molecule is Cc1nn2c(c1C)C(=O)N(CCN1CCC(c3noc4ccccc34)CC1)C1(C2)OC(=O)C(=O)O1. The molecule has 0 atom stereocenters. The lowest BCUT2D eigenvalue weighted by molar-refractivity contribution is -0.247. The van der Waals surface area contributed by atoms with Gasteiger partial charge in [-0.25, -0.2) is 14.3 Å². The minimum Gasteiger partial charge on any atom is -0.393 e. The smallest absolute Gasteiger partial charge is 0.393 e. The minimum atomic E-state index is -1.80. The zero-order valence-electron chi connectivity index (χ0n) is 19.5. The molecule has 0 bridgehead atoms. The van der Waals surface area contributed by atoms with Crippen LogP contribution in [0.25, 0.3) is 11.0 Å². The highest BCUT2D eigenvalue weighted by Gasteiger charge is 2.59. The number of para-hydroxylation sites is 1. The van der Waals surface area contributed by atoms with Gasteiger partial charge >= 0.3 is 17.8 Å². The lowest BCUT2D eigenvalue weighted by Crippen LogP contribution is -2.61. The number of carbonyl (C=O) groups excluding carboxylic acids is 3. The van der Waals surface area contributed by atoms with Crippen LogP contribution in [0, 0.1) is 13.8 Å². The lowest BCUT2D eigenvalue weighted by Gasteiger charge is -2.41. The number of ether oxygens (including phenoxy) is 2. The van der Waals surface area contributed by atoms with Crippen molar-refractivity contribution in [1.82, 2.24) is 24.7 Å². The summed E-state index contributed by atoms with van der Waals surface area (Å²) in [6, 6.07) is 7.88. The van der Waals surface area contributed by atoms with Crippen LogP contribution < -0.4 is 0 Å². The summed E-state index contributed by atoms with van der Waals surface area (Å²) in [5, 5.41) is 9.74. The Labute approximate surface area is 200 Å². The number of esters is 2. The van der Waals surface area contributed by atoms with Crippen molar-refractivity contribution in [3.8, 4) is 0 Å². The van der Waals surface area contributed by atoms with Crippen molar-refractivity contribution in [2.24, 2.45) is 0 Å². The third-order valence-electron chi connectivity index (χ3n) is 7.33. The number of aromatic nitrogens is 3. The molecule has 3 aliphatic heterocycles. The number of benzene rings is 1. The molecule has 35 heavy (non-hydrogen) atoms. The molecule has 0 saturated carbocycles. The van der Waals surface area contributed by atoms with Crippen molar-refractivity contribution < 1.29 is 28.4 Å². The fourth-order valence-electron chi connectivity index (χ4n) is 5.33. The molecule has 2 fully saturated rings. The maximum Gasteiger partial charge on any atom is 0.422 e. The maximum atomic E-state index is 13.5. The van der Waals surface area contributed by atoms with Crippen molar-refractivity contribution in [3.63, 3.8) is 0 Å². The number of likely N-dealkylation sites (tertiary alicyclic amines) is 1. The number of piperidine rings is 1. The van der Waals surface area contributed by atoms with Crippen LogP contribution in [-0.2, 0) is 25.6 Å². The summed E-state index contributed by atoms with van der Waals surface area (Å²) >= 11 is 0. The van der Waals surface area contributed by atoms with Crippen LogP contribution in [0.5, 0.6) is 0 Å². The number of nitrogens with zero attached hydrogens (tertiary/aromatic N) is 5. The third kappa shape index (κ3) is 3.41. The average Bonchev–Trinajstić information content (AvgIpc) is 3.48. The van der Waals surface area contributed by atoms with E-state index in [9.17, 15) is 14.4 Å². The molecule has 2 aromatic heterocycles. The predicted molar refractivity (Wildman–Crippen MR) is 120 cm³/mol. The highest BCUT2D eigenvalue weighted by molar-refractivity contribution is 6.31. The minimum absolute atomic E-state index is 0.0540. The lowest BCUT2D eigenvalue weighted by atomic mass is 9.91. The van der Waals surface area contributed by atoms with E-state index in [1.54, 1.807) is 6.92 Å². The molecule has 5 heterocycles. The van der Waals surface area contributed by atoms with Gasteiger partial charge in [0.15, 0.2) is 5.58 Å². The van der Waals surface area contributed by atoms with E-state index in [-0.39, 0.29) is 19.0 Å². The fraction of sp³-hybridized carbons (Fsp3) is 0.458. The molecular weight excluding hydrogens is 454 g/mol. The van der Waals surface area contributed by atoms with E-state index in [4.69, 9.17) is 14.0 Å². The summed E-state index contributed by atoms with van der Waals surface area (Å²) in [4.78, 5) is 41.0. The van der Waals surface area contributed by atoms with Gasteiger partial charge in [-0.3, -0.25) is 9.69 Å². The summed E-state index contributed by atoms with van der Waals surface area (Å²) in [5.41, 5.74) is 3.66. The number of hydrogen-bond acceptors (Lipinski definition) is 9. The molecule has 6 rings (SSSR count). The molecule has 0 unspecified atom stereocenters. The van der Waals surface area contributed by atoms with Crippen molar-refractivity contribution >= 4 is 28.8 Å². The van der Waals surface area contributed by atoms with Crippen molar-refractivity contribution in [1.29, 1.82) is 0 Å². The van der Waals surface area contributed by atoms with E-state index in [2.05, 4.69) is 15.2 Å². The monoisotopic (exact) mass is 479 g/mol. The molecule has 11 heteroatoms. The first kappa shape index (κ1) is 21.8. The van der Waals surface area contributed by atoms with E-state index in [0.717, 1.165) is 48.2 Å². The zero-order chi connectivity index (χ0) is 24.3. The number of amides is 1. The molecule has 0 N–H and O–H groups in total. The quantitative estimate of drug-likeness (QED) is 0.407. The number of hydrogen-bond donors (Lipinski definition) is 0. The van der Waals surface area contributed by atoms with Gasteiger partial charge in [0, 0.05) is 30.0 Å². The van der Waals surface area contributed by atoms with E-state index < -0.39 is 17.8 Å². The highest BCUT2D eigenvalue weighted by Crippen LogP contribution is 2.36. The van der Waals surface area contributed by atoms with Crippen molar-refractivity contribution in [3.05, 3.63) is 46.9 Å². The van der Waals surface area contributed by atoms with Crippen molar-refractivity contribution in [2.75, 3.05) is 26.2 Å². The van der Waals surface area contributed by atoms with Crippen LogP contribution in [0.2, 0.25) is 0 Å². The van der Waals surface area contributed by atoms with Gasteiger partial charge in [0.1, 0.15) is 12.2 Å². The second-order valence-corrected chi connectivity index (χ2v) is 9.35. The van der Waals surface area contributed by atoms with Crippen LogP contribution in [0.15, 0.2) is 28.8 Å². The Morgan fingerprint density at radius 1 is 1.03 bits per heavy atom. The summed E-state index contributed by atoms with van der Waals surface area (Å²) in [5.74, 6) is -4.09. The number of fused-ring (bicyclic) bond motifs is 2. The Balaban J connectivity index is 1.17. The van der Waals surface area contributed by atoms with Gasteiger partial charge < -0.3 is 18.9 Å². The molecule has 182 valence electrons. The second kappa shape index (κ2) is 7.91. The van der Waals surface area contributed by atoms with Crippen LogP contribution >= 0.6 is 0 Å². The maximum absolute atomic E-state index is 13.5. The molecule has 3 aromatic rings. The summed E-state index contributed by atoms with van der Waals surface area (Å²) in [6.07, 6.45) is 1.81. The van der Waals surface area contributed by atoms with E-state index in [1.807, 2.05) is 31.2 Å².